The van der Waals surface area contributed by atoms with E-state index < -0.39 is 12.1 Å². The number of carbonyl (C=O) groups is 1. The molecule has 102 valence electrons. The van der Waals surface area contributed by atoms with Gasteiger partial charge in [-0.05, 0) is 17.7 Å². The molecule has 0 aliphatic rings. The Kier molecular flexibility index (Phi) is 5.09. The first kappa shape index (κ1) is 14.0. The number of ether oxygens (including phenoxy) is 1. The van der Waals surface area contributed by atoms with Crippen molar-refractivity contribution in [3.63, 3.8) is 0 Å². The summed E-state index contributed by atoms with van der Waals surface area (Å²) >= 11 is 0. The lowest BCUT2D eigenvalue weighted by Crippen LogP contribution is -2.16. The van der Waals surface area contributed by atoms with Crippen LogP contribution in [0, 0.1) is 0 Å². The van der Waals surface area contributed by atoms with Crippen LogP contribution in [0.3, 0.4) is 0 Å². The largest absolute Gasteiger partial charge is 0.459 e. The fourth-order valence-corrected chi connectivity index (χ4v) is 1.66. The summed E-state index contributed by atoms with van der Waals surface area (Å²) in [5.74, 6) is -0.433. The van der Waals surface area contributed by atoms with E-state index in [1.54, 1.807) is 36.4 Å². The highest BCUT2D eigenvalue weighted by Gasteiger charge is 2.08. The van der Waals surface area contributed by atoms with Gasteiger partial charge in [0, 0.05) is 0 Å². The number of hydrogen-bond acceptors (Lipinski definition) is 3. The summed E-state index contributed by atoms with van der Waals surface area (Å²) in [4.78, 5) is 11.7. The normalized spacial score (nSPS) is 12.2. The van der Waals surface area contributed by atoms with E-state index in [9.17, 15) is 9.90 Å². The summed E-state index contributed by atoms with van der Waals surface area (Å²) in [6, 6.07) is 18.3. The fraction of sp³-hybridized carbons (Fsp3) is 0.118. The van der Waals surface area contributed by atoms with Crippen molar-refractivity contribution in [3.05, 3.63) is 77.9 Å². The second-order valence-electron chi connectivity index (χ2n) is 4.30. The highest BCUT2D eigenvalue weighted by molar-refractivity contribution is 5.89. The molecule has 1 N–H and O–H groups in total. The standard InChI is InChI=1S/C17H16O3/c18-16(12-11-14-7-3-1-4-8-14)13-20-17(19)15-9-5-2-6-10-15/h1-12,16,18H,13H2. The van der Waals surface area contributed by atoms with E-state index in [0.717, 1.165) is 5.56 Å². The molecule has 0 fully saturated rings. The lowest BCUT2D eigenvalue weighted by molar-refractivity contribution is 0.0346. The highest BCUT2D eigenvalue weighted by Crippen LogP contribution is 2.04. The lowest BCUT2D eigenvalue weighted by Gasteiger charge is -2.07. The lowest BCUT2D eigenvalue weighted by atomic mass is 10.2. The number of rotatable bonds is 5. The van der Waals surface area contributed by atoms with Gasteiger partial charge < -0.3 is 9.84 Å². The van der Waals surface area contributed by atoms with Crippen LogP contribution in [-0.4, -0.2) is 23.8 Å². The maximum atomic E-state index is 11.7. The van der Waals surface area contributed by atoms with Crippen LogP contribution in [0.4, 0.5) is 0 Å². The Morgan fingerprint density at radius 1 is 1.05 bits per heavy atom. The van der Waals surface area contributed by atoms with E-state index in [0.29, 0.717) is 5.56 Å². The molecule has 0 radical (unpaired) electrons. The quantitative estimate of drug-likeness (QED) is 0.848. The second kappa shape index (κ2) is 7.26. The molecule has 0 saturated heterocycles. The molecule has 3 heteroatoms. The number of aliphatic hydroxyl groups excluding tert-OH is 1. The molecule has 3 nitrogen and oxygen atoms in total. The topological polar surface area (TPSA) is 46.5 Å². The third-order valence-electron chi connectivity index (χ3n) is 2.71. The van der Waals surface area contributed by atoms with Gasteiger partial charge in [-0.3, -0.25) is 0 Å². The molecule has 2 rings (SSSR count). The first-order valence-electron chi connectivity index (χ1n) is 6.39. The Hall–Kier alpha value is -2.39. The molecule has 1 unspecified atom stereocenters. The van der Waals surface area contributed by atoms with Crippen molar-refractivity contribution in [2.24, 2.45) is 0 Å². The summed E-state index contributed by atoms with van der Waals surface area (Å²) in [7, 11) is 0. The molecule has 0 bridgehead atoms. The van der Waals surface area contributed by atoms with Gasteiger partial charge in [0.2, 0.25) is 0 Å². The fourth-order valence-electron chi connectivity index (χ4n) is 1.66. The van der Waals surface area contributed by atoms with Gasteiger partial charge in [0.25, 0.3) is 0 Å². The molecular weight excluding hydrogens is 252 g/mol. The third-order valence-corrected chi connectivity index (χ3v) is 2.71. The van der Waals surface area contributed by atoms with Crippen LogP contribution in [0.25, 0.3) is 6.08 Å². The van der Waals surface area contributed by atoms with Crippen LogP contribution in [0.15, 0.2) is 66.7 Å². The molecule has 0 spiro atoms. The van der Waals surface area contributed by atoms with Gasteiger partial charge >= 0.3 is 5.97 Å². The summed E-state index contributed by atoms with van der Waals surface area (Å²) in [5.41, 5.74) is 1.47. The number of hydrogen-bond donors (Lipinski definition) is 1. The molecule has 0 amide bonds. The minimum absolute atomic E-state index is 0.0585. The zero-order valence-corrected chi connectivity index (χ0v) is 11.0. The van der Waals surface area contributed by atoms with Gasteiger partial charge in [0.15, 0.2) is 0 Å². The smallest absolute Gasteiger partial charge is 0.338 e. The monoisotopic (exact) mass is 268 g/mol. The predicted molar refractivity (Wildman–Crippen MR) is 78.2 cm³/mol. The van der Waals surface area contributed by atoms with E-state index in [1.807, 2.05) is 36.4 Å². The molecule has 0 heterocycles. The Morgan fingerprint density at radius 2 is 1.65 bits per heavy atom. The van der Waals surface area contributed by atoms with Crippen molar-refractivity contribution in [2.45, 2.75) is 6.10 Å². The van der Waals surface area contributed by atoms with Crippen LogP contribution < -0.4 is 0 Å². The zero-order valence-electron chi connectivity index (χ0n) is 11.0. The van der Waals surface area contributed by atoms with Gasteiger partial charge in [-0.15, -0.1) is 0 Å². The molecular formula is C17H16O3. The molecule has 20 heavy (non-hydrogen) atoms. The van der Waals surface area contributed by atoms with Gasteiger partial charge in [-0.1, -0.05) is 60.7 Å². The van der Waals surface area contributed by atoms with Crippen molar-refractivity contribution in [1.82, 2.24) is 0 Å². The third kappa shape index (κ3) is 4.37. The van der Waals surface area contributed by atoms with E-state index in [-0.39, 0.29) is 6.61 Å². The van der Waals surface area contributed by atoms with Crippen molar-refractivity contribution in [3.8, 4) is 0 Å². The van der Waals surface area contributed by atoms with Crippen LogP contribution in [0.5, 0.6) is 0 Å². The SMILES string of the molecule is O=C(OCC(O)C=Cc1ccccc1)c1ccccc1. The molecule has 0 aliphatic carbocycles. The highest BCUT2D eigenvalue weighted by atomic mass is 16.5. The molecule has 2 aromatic rings. The number of aliphatic hydroxyl groups is 1. The summed E-state index contributed by atoms with van der Waals surface area (Å²) in [6.45, 7) is -0.0585. The first-order chi connectivity index (χ1) is 9.75. The van der Waals surface area contributed by atoms with Crippen molar-refractivity contribution in [1.29, 1.82) is 0 Å². The summed E-state index contributed by atoms with van der Waals surface area (Å²) < 4.78 is 5.04. The van der Waals surface area contributed by atoms with Crippen LogP contribution in [-0.2, 0) is 4.74 Å². The Morgan fingerprint density at radius 3 is 2.30 bits per heavy atom. The van der Waals surface area contributed by atoms with Crippen molar-refractivity contribution >= 4 is 12.0 Å². The summed E-state index contributed by atoms with van der Waals surface area (Å²) in [6.07, 6.45) is 2.58. The van der Waals surface area contributed by atoms with Gasteiger partial charge in [0.1, 0.15) is 12.7 Å². The number of esters is 1. The average molecular weight is 268 g/mol. The van der Waals surface area contributed by atoms with E-state index >= 15 is 0 Å². The zero-order chi connectivity index (χ0) is 14.2. The number of carbonyl (C=O) groups excluding carboxylic acids is 1. The molecule has 0 aromatic heterocycles. The van der Waals surface area contributed by atoms with E-state index in [4.69, 9.17) is 4.74 Å². The molecule has 2 aromatic carbocycles. The average Bonchev–Trinajstić information content (AvgIpc) is 2.52. The first-order valence-corrected chi connectivity index (χ1v) is 6.39. The Balaban J connectivity index is 1.82. The maximum Gasteiger partial charge on any atom is 0.338 e. The van der Waals surface area contributed by atoms with Crippen molar-refractivity contribution < 1.29 is 14.6 Å². The van der Waals surface area contributed by atoms with Gasteiger partial charge in [-0.25, -0.2) is 4.79 Å². The van der Waals surface area contributed by atoms with E-state index in [2.05, 4.69) is 0 Å². The Labute approximate surface area is 118 Å². The predicted octanol–water partition coefficient (Wildman–Crippen LogP) is 2.92. The van der Waals surface area contributed by atoms with E-state index in [1.165, 1.54) is 0 Å². The van der Waals surface area contributed by atoms with Crippen LogP contribution >= 0.6 is 0 Å². The minimum atomic E-state index is -0.817. The summed E-state index contributed by atoms with van der Waals surface area (Å²) in [5, 5.41) is 9.74. The van der Waals surface area contributed by atoms with Crippen LogP contribution in [0.2, 0.25) is 0 Å². The second-order valence-corrected chi connectivity index (χ2v) is 4.30. The molecule has 0 aliphatic heterocycles. The number of benzene rings is 2. The maximum absolute atomic E-state index is 11.7. The molecule has 1 atom stereocenters. The molecule has 0 saturated carbocycles. The van der Waals surface area contributed by atoms with Crippen molar-refractivity contribution in [2.75, 3.05) is 6.61 Å². The van der Waals surface area contributed by atoms with Gasteiger partial charge in [0.05, 0.1) is 5.56 Å². The van der Waals surface area contributed by atoms with Gasteiger partial charge in [-0.2, -0.15) is 0 Å². The Bertz CT molecular complexity index is 561. The van der Waals surface area contributed by atoms with Crippen LogP contribution in [0.1, 0.15) is 15.9 Å². The minimum Gasteiger partial charge on any atom is -0.459 e.